The Morgan fingerprint density at radius 1 is 0.920 bits per heavy atom. The highest BCUT2D eigenvalue weighted by Crippen LogP contribution is 2.18. The lowest BCUT2D eigenvalue weighted by atomic mass is 10.1. The Hall–Kier alpha value is -3.21. The second kappa shape index (κ2) is 7.13. The lowest BCUT2D eigenvalue weighted by Crippen LogP contribution is -2.13. The van der Waals surface area contributed by atoms with Crippen molar-refractivity contribution >= 4 is 23.2 Å². The van der Waals surface area contributed by atoms with Crippen LogP contribution in [0.4, 0.5) is 17.3 Å². The van der Waals surface area contributed by atoms with Crippen LogP contribution in [-0.4, -0.2) is 15.9 Å². The van der Waals surface area contributed by atoms with Crippen molar-refractivity contribution in [2.45, 2.75) is 20.8 Å². The molecule has 2 aromatic carbocycles. The van der Waals surface area contributed by atoms with Crippen LogP contribution in [-0.2, 0) is 0 Å². The number of aryl methyl sites for hydroxylation is 3. The topological polar surface area (TPSA) is 66.9 Å². The van der Waals surface area contributed by atoms with Crippen molar-refractivity contribution in [3.63, 3.8) is 0 Å². The molecule has 0 atom stereocenters. The van der Waals surface area contributed by atoms with Gasteiger partial charge in [-0.1, -0.05) is 24.3 Å². The third-order valence-electron chi connectivity index (χ3n) is 3.79. The molecule has 0 bridgehead atoms. The van der Waals surface area contributed by atoms with Crippen molar-refractivity contribution in [3.05, 3.63) is 77.1 Å². The molecule has 3 rings (SSSR count). The molecule has 2 N–H and O–H groups in total. The standard InChI is InChI=1S/C20H20N4O/c1-13-8-14(2)10-17(9-13)23-20-21-11-16(12-22-20)19(25)24-18-7-5-4-6-15(18)3/h4-12H,1-3H3,(H,24,25)(H,21,22,23). The van der Waals surface area contributed by atoms with E-state index in [1.54, 1.807) is 0 Å². The first-order valence-electron chi connectivity index (χ1n) is 8.05. The van der Waals surface area contributed by atoms with Crippen LogP contribution >= 0.6 is 0 Å². The van der Waals surface area contributed by atoms with Gasteiger partial charge in [0.1, 0.15) is 0 Å². The quantitative estimate of drug-likeness (QED) is 0.743. The average molecular weight is 332 g/mol. The average Bonchev–Trinajstić information content (AvgIpc) is 2.56. The minimum atomic E-state index is -0.229. The van der Waals surface area contributed by atoms with Gasteiger partial charge in [0.15, 0.2) is 0 Å². The maximum atomic E-state index is 12.3. The van der Waals surface area contributed by atoms with Crippen molar-refractivity contribution < 1.29 is 4.79 Å². The van der Waals surface area contributed by atoms with Crippen LogP contribution in [0, 0.1) is 20.8 Å². The summed E-state index contributed by atoms with van der Waals surface area (Å²) in [6.45, 7) is 6.03. The van der Waals surface area contributed by atoms with Crippen molar-refractivity contribution in [1.29, 1.82) is 0 Å². The predicted molar refractivity (Wildman–Crippen MR) is 100 cm³/mol. The molecule has 5 heteroatoms. The van der Waals surface area contributed by atoms with Crippen LogP contribution in [0.1, 0.15) is 27.0 Å². The third-order valence-corrected chi connectivity index (χ3v) is 3.79. The molecule has 0 saturated heterocycles. The molecule has 0 unspecified atom stereocenters. The summed E-state index contributed by atoms with van der Waals surface area (Å²) in [5.41, 5.74) is 5.45. The Kier molecular flexibility index (Phi) is 4.75. The molecule has 0 radical (unpaired) electrons. The zero-order valence-electron chi connectivity index (χ0n) is 14.5. The number of para-hydroxylation sites is 1. The van der Waals surface area contributed by atoms with E-state index in [1.165, 1.54) is 12.4 Å². The third kappa shape index (κ3) is 4.20. The Balaban J connectivity index is 1.71. The van der Waals surface area contributed by atoms with Gasteiger partial charge in [0.25, 0.3) is 5.91 Å². The smallest absolute Gasteiger partial charge is 0.258 e. The molecule has 25 heavy (non-hydrogen) atoms. The van der Waals surface area contributed by atoms with Gasteiger partial charge >= 0.3 is 0 Å². The van der Waals surface area contributed by atoms with Crippen molar-refractivity contribution in [2.24, 2.45) is 0 Å². The maximum absolute atomic E-state index is 12.3. The van der Waals surface area contributed by atoms with Crippen molar-refractivity contribution in [3.8, 4) is 0 Å². The van der Waals surface area contributed by atoms with E-state index >= 15 is 0 Å². The fourth-order valence-corrected chi connectivity index (χ4v) is 2.59. The molecular formula is C20H20N4O. The molecule has 126 valence electrons. The van der Waals surface area contributed by atoms with Crippen LogP contribution in [0.5, 0.6) is 0 Å². The summed E-state index contributed by atoms with van der Waals surface area (Å²) in [5.74, 6) is 0.227. The molecule has 0 spiro atoms. The summed E-state index contributed by atoms with van der Waals surface area (Å²) in [7, 11) is 0. The number of nitrogens with zero attached hydrogens (tertiary/aromatic N) is 2. The zero-order valence-corrected chi connectivity index (χ0v) is 14.5. The van der Waals surface area contributed by atoms with Gasteiger partial charge in [-0.25, -0.2) is 9.97 Å². The number of amides is 1. The van der Waals surface area contributed by atoms with E-state index in [4.69, 9.17) is 0 Å². The molecule has 0 aliphatic heterocycles. The number of aromatic nitrogens is 2. The Labute approximate surface area is 147 Å². The van der Waals surface area contributed by atoms with E-state index in [1.807, 2.05) is 57.2 Å². The SMILES string of the molecule is Cc1cc(C)cc(Nc2ncc(C(=O)Nc3ccccc3C)cn2)c1. The number of hydrogen-bond donors (Lipinski definition) is 2. The van der Waals surface area contributed by atoms with Gasteiger partial charge < -0.3 is 10.6 Å². The van der Waals surface area contributed by atoms with E-state index < -0.39 is 0 Å². The van der Waals surface area contributed by atoms with Crippen LogP contribution in [0.15, 0.2) is 54.9 Å². The van der Waals surface area contributed by atoms with Gasteiger partial charge in [0, 0.05) is 23.8 Å². The first kappa shape index (κ1) is 16.6. The largest absolute Gasteiger partial charge is 0.324 e. The second-order valence-corrected chi connectivity index (χ2v) is 6.07. The summed E-state index contributed by atoms with van der Waals surface area (Å²) >= 11 is 0. The van der Waals surface area contributed by atoms with Crippen LogP contribution < -0.4 is 10.6 Å². The van der Waals surface area contributed by atoms with E-state index in [0.29, 0.717) is 11.5 Å². The summed E-state index contributed by atoms with van der Waals surface area (Å²) in [4.78, 5) is 20.8. The molecule has 1 amide bonds. The summed E-state index contributed by atoms with van der Waals surface area (Å²) < 4.78 is 0. The minimum Gasteiger partial charge on any atom is -0.324 e. The van der Waals surface area contributed by atoms with Crippen LogP contribution in [0.3, 0.4) is 0 Å². The maximum Gasteiger partial charge on any atom is 0.258 e. The highest BCUT2D eigenvalue weighted by Gasteiger charge is 2.09. The van der Waals surface area contributed by atoms with Crippen molar-refractivity contribution in [2.75, 3.05) is 10.6 Å². The number of carbonyl (C=O) groups excluding carboxylic acids is 1. The molecule has 5 nitrogen and oxygen atoms in total. The molecule has 0 fully saturated rings. The Morgan fingerprint density at radius 3 is 2.20 bits per heavy atom. The number of carbonyl (C=O) groups is 1. The number of anilines is 3. The minimum absolute atomic E-state index is 0.229. The number of nitrogens with one attached hydrogen (secondary N) is 2. The highest BCUT2D eigenvalue weighted by molar-refractivity contribution is 6.04. The summed E-state index contributed by atoms with van der Waals surface area (Å²) in [6.07, 6.45) is 3.04. The number of benzene rings is 2. The van der Waals surface area contributed by atoms with E-state index in [2.05, 4.69) is 26.7 Å². The fraction of sp³-hybridized carbons (Fsp3) is 0.150. The first-order chi connectivity index (χ1) is 12.0. The van der Waals surface area contributed by atoms with E-state index in [0.717, 1.165) is 28.1 Å². The van der Waals surface area contributed by atoms with Gasteiger partial charge in [-0.3, -0.25) is 4.79 Å². The van der Waals surface area contributed by atoms with E-state index in [-0.39, 0.29) is 5.91 Å². The van der Waals surface area contributed by atoms with Gasteiger partial charge in [-0.05, 0) is 55.7 Å². The highest BCUT2D eigenvalue weighted by atomic mass is 16.1. The Bertz CT molecular complexity index is 884. The monoisotopic (exact) mass is 332 g/mol. The van der Waals surface area contributed by atoms with Crippen molar-refractivity contribution in [1.82, 2.24) is 9.97 Å². The number of hydrogen-bond acceptors (Lipinski definition) is 4. The van der Waals surface area contributed by atoms with Gasteiger partial charge in [0.05, 0.1) is 5.56 Å². The van der Waals surface area contributed by atoms with Crippen LogP contribution in [0.25, 0.3) is 0 Å². The molecule has 0 aliphatic carbocycles. The van der Waals surface area contributed by atoms with Crippen LogP contribution in [0.2, 0.25) is 0 Å². The second-order valence-electron chi connectivity index (χ2n) is 6.07. The predicted octanol–water partition coefficient (Wildman–Crippen LogP) is 4.40. The van der Waals surface area contributed by atoms with Gasteiger partial charge in [0.2, 0.25) is 5.95 Å². The molecule has 0 saturated carbocycles. The summed E-state index contributed by atoms with van der Waals surface area (Å²) in [5, 5.41) is 6.03. The molecule has 0 aliphatic rings. The summed E-state index contributed by atoms with van der Waals surface area (Å²) in [6, 6.07) is 13.8. The van der Waals surface area contributed by atoms with E-state index in [9.17, 15) is 4.79 Å². The number of rotatable bonds is 4. The van der Waals surface area contributed by atoms with Gasteiger partial charge in [-0.2, -0.15) is 0 Å². The lowest BCUT2D eigenvalue weighted by Gasteiger charge is -2.09. The molecule has 1 heterocycles. The van der Waals surface area contributed by atoms with Gasteiger partial charge in [-0.15, -0.1) is 0 Å². The first-order valence-corrected chi connectivity index (χ1v) is 8.05. The Morgan fingerprint density at radius 2 is 1.56 bits per heavy atom. The molecule has 1 aromatic heterocycles. The molecule has 3 aromatic rings. The zero-order chi connectivity index (χ0) is 17.8. The fourth-order valence-electron chi connectivity index (χ4n) is 2.59. The molecular weight excluding hydrogens is 312 g/mol. The normalized spacial score (nSPS) is 10.4. The lowest BCUT2D eigenvalue weighted by molar-refractivity contribution is 0.102.